The fourth-order valence-corrected chi connectivity index (χ4v) is 2.43. The number of hydrogen-bond acceptors (Lipinski definition) is 2. The Balaban J connectivity index is 1.90. The van der Waals surface area contributed by atoms with Crippen molar-refractivity contribution in [2.45, 2.75) is 50.7 Å². The summed E-state index contributed by atoms with van der Waals surface area (Å²) in [6.45, 7) is 0.944. The quantitative estimate of drug-likeness (QED) is 0.656. The largest absolute Gasteiger partial charge is 0.393 e. The number of nitrogens with zero attached hydrogens (tertiary/aromatic N) is 1. The molecular weight excluding hydrogens is 166 g/mol. The number of carbonyl (C=O) groups is 1. The van der Waals surface area contributed by atoms with Gasteiger partial charge in [-0.25, -0.2) is 0 Å². The average Bonchev–Trinajstić information content (AvgIpc) is 2.53. The Kier molecular flexibility index (Phi) is 2.54. The molecule has 3 heteroatoms. The van der Waals surface area contributed by atoms with Gasteiger partial charge in [-0.1, -0.05) is 0 Å². The van der Waals surface area contributed by atoms with Gasteiger partial charge in [-0.15, -0.1) is 0 Å². The van der Waals surface area contributed by atoms with E-state index in [-0.39, 0.29) is 6.10 Å². The molecular formula is C10H17NO2. The molecule has 1 aliphatic carbocycles. The molecule has 0 atom stereocenters. The molecule has 1 N–H and O–H groups in total. The lowest BCUT2D eigenvalue weighted by atomic mass is 9.92. The van der Waals surface area contributed by atoms with Crippen molar-refractivity contribution < 1.29 is 9.90 Å². The van der Waals surface area contributed by atoms with E-state index in [1.807, 2.05) is 4.90 Å². The van der Waals surface area contributed by atoms with Gasteiger partial charge in [0.25, 0.3) is 0 Å². The normalized spacial score (nSPS) is 35.5. The van der Waals surface area contributed by atoms with Crippen molar-refractivity contribution in [3.63, 3.8) is 0 Å². The molecule has 2 rings (SSSR count). The van der Waals surface area contributed by atoms with Crippen molar-refractivity contribution in [3.05, 3.63) is 0 Å². The number of amides is 1. The number of likely N-dealkylation sites (tertiary alicyclic amines) is 1. The van der Waals surface area contributed by atoms with Crippen LogP contribution in [-0.4, -0.2) is 34.6 Å². The Morgan fingerprint density at radius 1 is 1.23 bits per heavy atom. The molecule has 0 unspecified atom stereocenters. The van der Waals surface area contributed by atoms with Crippen molar-refractivity contribution in [1.29, 1.82) is 0 Å². The minimum atomic E-state index is -0.117. The molecule has 74 valence electrons. The van der Waals surface area contributed by atoms with E-state index in [1.165, 1.54) is 0 Å². The molecule has 1 heterocycles. The highest BCUT2D eigenvalue weighted by atomic mass is 16.3. The zero-order chi connectivity index (χ0) is 9.26. The standard InChI is InChI=1S/C10H17NO2/c12-9-5-3-8(4-6-9)11-7-1-2-10(11)13/h8-9,12H,1-7H2/t8-,9+. The number of aliphatic hydroxyl groups is 1. The second kappa shape index (κ2) is 3.66. The molecule has 2 aliphatic rings. The van der Waals surface area contributed by atoms with Crippen LogP contribution >= 0.6 is 0 Å². The molecule has 13 heavy (non-hydrogen) atoms. The summed E-state index contributed by atoms with van der Waals surface area (Å²) < 4.78 is 0. The monoisotopic (exact) mass is 183 g/mol. The summed E-state index contributed by atoms with van der Waals surface area (Å²) in [4.78, 5) is 13.4. The smallest absolute Gasteiger partial charge is 0.222 e. The first-order valence-electron chi connectivity index (χ1n) is 5.25. The number of carbonyl (C=O) groups excluding carboxylic acids is 1. The Labute approximate surface area is 78.7 Å². The Morgan fingerprint density at radius 3 is 2.46 bits per heavy atom. The van der Waals surface area contributed by atoms with Gasteiger partial charge in [-0.2, -0.15) is 0 Å². The van der Waals surface area contributed by atoms with Gasteiger partial charge < -0.3 is 10.0 Å². The van der Waals surface area contributed by atoms with E-state index in [1.54, 1.807) is 0 Å². The molecule has 0 spiro atoms. The maximum Gasteiger partial charge on any atom is 0.222 e. The Morgan fingerprint density at radius 2 is 1.92 bits per heavy atom. The molecule has 0 aromatic rings. The Bertz CT molecular complexity index is 197. The summed E-state index contributed by atoms with van der Waals surface area (Å²) in [7, 11) is 0. The number of hydrogen-bond donors (Lipinski definition) is 1. The van der Waals surface area contributed by atoms with Gasteiger partial charge in [0.1, 0.15) is 0 Å². The SMILES string of the molecule is O=C1CCCN1[C@H]1CC[C@@H](O)CC1. The molecule has 1 saturated heterocycles. The fourth-order valence-electron chi connectivity index (χ4n) is 2.43. The average molecular weight is 183 g/mol. The molecule has 1 aliphatic heterocycles. The highest BCUT2D eigenvalue weighted by Crippen LogP contribution is 2.26. The van der Waals surface area contributed by atoms with E-state index in [9.17, 15) is 9.90 Å². The van der Waals surface area contributed by atoms with Crippen molar-refractivity contribution in [1.82, 2.24) is 4.90 Å². The summed E-state index contributed by atoms with van der Waals surface area (Å²) in [6, 6.07) is 0.429. The highest BCUT2D eigenvalue weighted by Gasteiger charge is 2.30. The number of aliphatic hydroxyl groups excluding tert-OH is 1. The van der Waals surface area contributed by atoms with Crippen LogP contribution in [0.3, 0.4) is 0 Å². The van der Waals surface area contributed by atoms with E-state index in [2.05, 4.69) is 0 Å². The topological polar surface area (TPSA) is 40.5 Å². The van der Waals surface area contributed by atoms with Crippen LogP contribution < -0.4 is 0 Å². The second-order valence-electron chi connectivity index (χ2n) is 4.15. The van der Waals surface area contributed by atoms with Gasteiger partial charge in [0.05, 0.1) is 6.10 Å². The molecule has 3 nitrogen and oxygen atoms in total. The molecule has 0 bridgehead atoms. The lowest BCUT2D eigenvalue weighted by Crippen LogP contribution is -2.39. The van der Waals surface area contributed by atoms with Crippen LogP contribution in [0.15, 0.2) is 0 Å². The van der Waals surface area contributed by atoms with E-state index in [0.717, 1.165) is 45.1 Å². The highest BCUT2D eigenvalue weighted by molar-refractivity contribution is 5.78. The van der Waals surface area contributed by atoms with Gasteiger partial charge in [-0.3, -0.25) is 4.79 Å². The van der Waals surface area contributed by atoms with Gasteiger partial charge in [0, 0.05) is 19.0 Å². The van der Waals surface area contributed by atoms with Gasteiger partial charge in [-0.05, 0) is 32.1 Å². The molecule has 0 aromatic heterocycles. The minimum absolute atomic E-state index is 0.117. The lowest BCUT2D eigenvalue weighted by Gasteiger charge is -2.32. The Hall–Kier alpha value is -0.570. The lowest BCUT2D eigenvalue weighted by molar-refractivity contribution is -0.130. The van der Waals surface area contributed by atoms with Crippen molar-refractivity contribution in [2.24, 2.45) is 0 Å². The third-order valence-electron chi connectivity index (χ3n) is 3.22. The van der Waals surface area contributed by atoms with E-state index >= 15 is 0 Å². The summed E-state index contributed by atoms with van der Waals surface area (Å²) >= 11 is 0. The summed E-state index contributed by atoms with van der Waals surface area (Å²) in [5, 5.41) is 9.33. The zero-order valence-corrected chi connectivity index (χ0v) is 7.91. The van der Waals surface area contributed by atoms with Crippen LogP contribution in [0.25, 0.3) is 0 Å². The predicted octanol–water partition coefficient (Wildman–Crippen LogP) is 0.912. The van der Waals surface area contributed by atoms with E-state index in [4.69, 9.17) is 0 Å². The van der Waals surface area contributed by atoms with Gasteiger partial charge in [0.2, 0.25) is 5.91 Å². The van der Waals surface area contributed by atoms with Crippen LogP contribution in [0.5, 0.6) is 0 Å². The van der Waals surface area contributed by atoms with Crippen LogP contribution in [0.4, 0.5) is 0 Å². The van der Waals surface area contributed by atoms with Gasteiger partial charge in [0.15, 0.2) is 0 Å². The van der Waals surface area contributed by atoms with E-state index < -0.39 is 0 Å². The predicted molar refractivity (Wildman–Crippen MR) is 49.2 cm³/mol. The molecule has 0 radical (unpaired) electrons. The maximum absolute atomic E-state index is 11.4. The zero-order valence-electron chi connectivity index (χ0n) is 7.91. The van der Waals surface area contributed by atoms with Crippen molar-refractivity contribution in [2.75, 3.05) is 6.54 Å². The molecule has 1 amide bonds. The van der Waals surface area contributed by atoms with Crippen LogP contribution in [-0.2, 0) is 4.79 Å². The van der Waals surface area contributed by atoms with Gasteiger partial charge >= 0.3 is 0 Å². The number of rotatable bonds is 1. The van der Waals surface area contributed by atoms with Crippen molar-refractivity contribution >= 4 is 5.91 Å². The third kappa shape index (κ3) is 1.85. The fraction of sp³-hybridized carbons (Fsp3) is 0.900. The molecule has 1 saturated carbocycles. The second-order valence-corrected chi connectivity index (χ2v) is 4.15. The summed E-state index contributed by atoms with van der Waals surface area (Å²) in [5.41, 5.74) is 0. The first-order chi connectivity index (χ1) is 6.27. The minimum Gasteiger partial charge on any atom is -0.393 e. The maximum atomic E-state index is 11.4. The first-order valence-corrected chi connectivity index (χ1v) is 5.25. The first kappa shape index (κ1) is 9.00. The van der Waals surface area contributed by atoms with Crippen LogP contribution in [0.2, 0.25) is 0 Å². The summed E-state index contributed by atoms with van der Waals surface area (Å²) in [6.07, 6.45) is 5.37. The molecule has 2 fully saturated rings. The molecule has 0 aromatic carbocycles. The van der Waals surface area contributed by atoms with Crippen LogP contribution in [0.1, 0.15) is 38.5 Å². The third-order valence-corrected chi connectivity index (χ3v) is 3.22. The van der Waals surface area contributed by atoms with Crippen LogP contribution in [0, 0.1) is 0 Å². The van der Waals surface area contributed by atoms with E-state index in [0.29, 0.717) is 11.9 Å². The summed E-state index contributed by atoms with van der Waals surface area (Å²) in [5.74, 6) is 0.321. The van der Waals surface area contributed by atoms with Crippen molar-refractivity contribution in [3.8, 4) is 0 Å².